The Balaban J connectivity index is 1.63. The van der Waals surface area contributed by atoms with Gasteiger partial charge >= 0.3 is 0 Å². The highest BCUT2D eigenvalue weighted by atomic mass is 16.2. The minimum Gasteiger partial charge on any atom is -0.350 e. The predicted octanol–water partition coefficient (Wildman–Crippen LogP) is 3.08. The summed E-state index contributed by atoms with van der Waals surface area (Å²) in [5.41, 5.74) is 2.63. The third-order valence-electron chi connectivity index (χ3n) is 6.02. The van der Waals surface area contributed by atoms with E-state index in [2.05, 4.69) is 37.9 Å². The Kier molecular flexibility index (Phi) is 5.61. The third-order valence-corrected chi connectivity index (χ3v) is 6.02. The number of carbonyl (C=O) groups is 2. The van der Waals surface area contributed by atoms with E-state index in [0.29, 0.717) is 30.5 Å². The Bertz CT molecular complexity index is 718. The van der Waals surface area contributed by atoms with E-state index in [1.54, 1.807) is 11.8 Å². The first-order valence-electron chi connectivity index (χ1n) is 10.1. The monoisotopic (exact) mass is 371 g/mol. The number of fused-ring (bicyclic) bond motifs is 1. The number of hydrogen-bond acceptors (Lipinski definition) is 3. The first-order valence-corrected chi connectivity index (χ1v) is 10.1. The van der Waals surface area contributed by atoms with Crippen molar-refractivity contribution in [1.82, 2.24) is 10.2 Å². The Morgan fingerprint density at radius 3 is 2.48 bits per heavy atom. The zero-order valence-electron chi connectivity index (χ0n) is 17.3. The molecule has 2 aliphatic rings. The van der Waals surface area contributed by atoms with Crippen molar-refractivity contribution in [3.8, 4) is 0 Å². The Labute approximate surface area is 163 Å². The highest BCUT2D eigenvalue weighted by Gasteiger charge is 2.33. The van der Waals surface area contributed by atoms with Crippen LogP contribution in [0.2, 0.25) is 0 Å². The number of rotatable bonds is 4. The van der Waals surface area contributed by atoms with Gasteiger partial charge < -0.3 is 10.2 Å². The Morgan fingerprint density at radius 2 is 1.85 bits per heavy atom. The summed E-state index contributed by atoms with van der Waals surface area (Å²) in [4.78, 5) is 28.7. The van der Waals surface area contributed by atoms with E-state index < -0.39 is 0 Å². The van der Waals surface area contributed by atoms with Crippen LogP contribution in [0.1, 0.15) is 57.0 Å². The summed E-state index contributed by atoms with van der Waals surface area (Å²) in [7, 11) is 0. The van der Waals surface area contributed by atoms with Gasteiger partial charge in [0.1, 0.15) is 0 Å². The number of likely N-dealkylation sites (tertiary alicyclic amines) is 1. The number of hydrogen-bond donors (Lipinski definition) is 1. The van der Waals surface area contributed by atoms with Gasteiger partial charge in [0.2, 0.25) is 5.91 Å². The van der Waals surface area contributed by atoms with Crippen molar-refractivity contribution < 1.29 is 9.59 Å². The highest BCUT2D eigenvalue weighted by molar-refractivity contribution is 5.97. The van der Waals surface area contributed by atoms with Crippen molar-refractivity contribution in [3.05, 3.63) is 29.3 Å². The minimum atomic E-state index is -0.0687. The van der Waals surface area contributed by atoms with E-state index in [0.717, 1.165) is 30.8 Å². The molecule has 1 N–H and O–H groups in total. The highest BCUT2D eigenvalue weighted by Crippen LogP contribution is 2.29. The largest absolute Gasteiger partial charge is 0.350 e. The van der Waals surface area contributed by atoms with Crippen LogP contribution in [-0.4, -0.2) is 48.4 Å². The van der Waals surface area contributed by atoms with E-state index in [4.69, 9.17) is 0 Å². The van der Waals surface area contributed by atoms with Gasteiger partial charge in [0.25, 0.3) is 5.91 Å². The smallest absolute Gasteiger partial charge is 0.251 e. The molecule has 1 aromatic rings. The van der Waals surface area contributed by atoms with E-state index in [1.807, 2.05) is 18.2 Å². The number of carbonyl (C=O) groups excluding carboxylic acids is 2. The van der Waals surface area contributed by atoms with Gasteiger partial charge in [-0.2, -0.15) is 0 Å². The van der Waals surface area contributed by atoms with Gasteiger partial charge in [-0.05, 0) is 62.3 Å². The SMILES string of the molecule is CC(=O)N1CCc2cc(C(=O)NCC(C)(C)N3CC(C)CC(C)C3)ccc21. The lowest BCUT2D eigenvalue weighted by molar-refractivity contribution is -0.116. The van der Waals surface area contributed by atoms with Crippen LogP contribution in [0.5, 0.6) is 0 Å². The maximum atomic E-state index is 12.7. The molecule has 5 heteroatoms. The molecule has 0 aliphatic carbocycles. The molecule has 1 fully saturated rings. The van der Waals surface area contributed by atoms with Gasteiger partial charge in [-0.15, -0.1) is 0 Å². The normalized spacial score (nSPS) is 23.2. The fourth-order valence-electron chi connectivity index (χ4n) is 4.54. The summed E-state index contributed by atoms with van der Waals surface area (Å²) in [6.45, 7) is 14.1. The average molecular weight is 372 g/mol. The number of nitrogens with zero attached hydrogens (tertiary/aromatic N) is 2. The van der Waals surface area contributed by atoms with Crippen molar-refractivity contribution >= 4 is 17.5 Å². The Morgan fingerprint density at radius 1 is 1.19 bits per heavy atom. The zero-order chi connectivity index (χ0) is 19.8. The van der Waals surface area contributed by atoms with Crippen LogP contribution in [-0.2, 0) is 11.2 Å². The molecule has 0 radical (unpaired) electrons. The molecule has 1 saturated heterocycles. The molecule has 2 atom stereocenters. The van der Waals surface area contributed by atoms with E-state index in [1.165, 1.54) is 6.42 Å². The number of nitrogens with one attached hydrogen (secondary N) is 1. The van der Waals surface area contributed by atoms with E-state index in [-0.39, 0.29) is 17.4 Å². The lowest BCUT2D eigenvalue weighted by Gasteiger charge is -2.45. The van der Waals surface area contributed by atoms with Gasteiger partial charge in [-0.3, -0.25) is 14.5 Å². The molecule has 2 amide bonds. The average Bonchev–Trinajstić information content (AvgIpc) is 3.02. The van der Waals surface area contributed by atoms with Crippen molar-refractivity contribution in [2.45, 2.75) is 53.0 Å². The first kappa shape index (κ1) is 19.9. The number of piperidine rings is 1. The fourth-order valence-corrected chi connectivity index (χ4v) is 4.54. The van der Waals surface area contributed by atoms with Crippen LogP contribution in [0.25, 0.3) is 0 Å². The van der Waals surface area contributed by atoms with Crippen molar-refractivity contribution in [2.75, 3.05) is 31.1 Å². The maximum Gasteiger partial charge on any atom is 0.251 e. The fraction of sp³-hybridized carbons (Fsp3) is 0.636. The molecule has 148 valence electrons. The van der Waals surface area contributed by atoms with Gasteiger partial charge in [0.15, 0.2) is 0 Å². The predicted molar refractivity (Wildman–Crippen MR) is 109 cm³/mol. The summed E-state index contributed by atoms with van der Waals surface area (Å²) in [6, 6.07) is 5.66. The summed E-state index contributed by atoms with van der Waals surface area (Å²) < 4.78 is 0. The van der Waals surface area contributed by atoms with Crippen molar-refractivity contribution in [3.63, 3.8) is 0 Å². The lowest BCUT2D eigenvalue weighted by atomic mass is 9.88. The molecular formula is C22H33N3O2. The summed E-state index contributed by atoms with van der Waals surface area (Å²) in [6.07, 6.45) is 2.09. The van der Waals surface area contributed by atoms with E-state index >= 15 is 0 Å². The van der Waals surface area contributed by atoms with Crippen molar-refractivity contribution in [2.24, 2.45) is 11.8 Å². The second-order valence-electron chi connectivity index (χ2n) is 9.11. The molecule has 0 saturated carbocycles. The quantitative estimate of drug-likeness (QED) is 0.885. The first-order chi connectivity index (χ1) is 12.7. The molecule has 0 aromatic heterocycles. The van der Waals surface area contributed by atoms with E-state index in [9.17, 15) is 9.59 Å². The molecule has 0 spiro atoms. The van der Waals surface area contributed by atoms with Crippen LogP contribution in [0.3, 0.4) is 0 Å². The second-order valence-corrected chi connectivity index (χ2v) is 9.11. The molecule has 5 nitrogen and oxygen atoms in total. The van der Waals surface area contributed by atoms with Crippen LogP contribution < -0.4 is 10.2 Å². The molecule has 3 rings (SSSR count). The van der Waals surface area contributed by atoms with Crippen molar-refractivity contribution in [1.29, 1.82) is 0 Å². The number of amides is 2. The number of anilines is 1. The molecule has 2 unspecified atom stereocenters. The topological polar surface area (TPSA) is 52.7 Å². The molecule has 1 aromatic carbocycles. The maximum absolute atomic E-state index is 12.7. The summed E-state index contributed by atoms with van der Waals surface area (Å²) >= 11 is 0. The van der Waals surface area contributed by atoms with Crippen LogP contribution in [0.4, 0.5) is 5.69 Å². The molecule has 2 heterocycles. The minimum absolute atomic E-state index is 0.0368. The standard InChI is InChI=1S/C22H33N3O2/c1-15-10-16(2)13-24(12-15)22(4,5)14-23-21(27)19-6-7-20-18(11-19)8-9-25(20)17(3)26/h6-7,11,15-16H,8-10,12-14H2,1-5H3,(H,23,27). The van der Waals surface area contributed by atoms with Crippen LogP contribution in [0.15, 0.2) is 18.2 Å². The van der Waals surface area contributed by atoms with Crippen LogP contribution in [0, 0.1) is 11.8 Å². The van der Waals surface area contributed by atoms with Gasteiger partial charge in [-0.1, -0.05) is 13.8 Å². The second kappa shape index (κ2) is 7.63. The Hall–Kier alpha value is -1.88. The summed E-state index contributed by atoms with van der Waals surface area (Å²) in [5, 5.41) is 3.13. The molecule has 0 bridgehead atoms. The van der Waals surface area contributed by atoms with Gasteiger partial charge in [0, 0.05) is 49.9 Å². The van der Waals surface area contributed by atoms with Gasteiger partial charge in [-0.25, -0.2) is 0 Å². The summed E-state index contributed by atoms with van der Waals surface area (Å²) in [5.74, 6) is 1.41. The molecule has 27 heavy (non-hydrogen) atoms. The third kappa shape index (κ3) is 4.34. The molecule has 2 aliphatic heterocycles. The number of benzene rings is 1. The molecular weight excluding hydrogens is 338 g/mol. The van der Waals surface area contributed by atoms with Crippen LogP contribution >= 0.6 is 0 Å². The van der Waals surface area contributed by atoms with Gasteiger partial charge in [0.05, 0.1) is 0 Å². The zero-order valence-corrected chi connectivity index (χ0v) is 17.3. The lowest BCUT2D eigenvalue weighted by Crippen LogP contribution is -2.56.